The quantitative estimate of drug-likeness (QED) is 0.466. The minimum Gasteiger partial charge on any atom is -0.496 e. The summed E-state index contributed by atoms with van der Waals surface area (Å²) in [5.74, 6) is 1.77. The second-order valence-electron chi connectivity index (χ2n) is 7.65. The highest BCUT2D eigenvalue weighted by molar-refractivity contribution is 6.09. The summed E-state index contributed by atoms with van der Waals surface area (Å²) >= 11 is 0. The molecule has 5 nitrogen and oxygen atoms in total. The van der Waals surface area contributed by atoms with Crippen molar-refractivity contribution < 1.29 is 18.7 Å². The molecule has 0 N–H and O–H groups in total. The molecule has 30 heavy (non-hydrogen) atoms. The third-order valence-electron chi connectivity index (χ3n) is 5.95. The number of carbonyl (C=O) groups is 1. The molecule has 1 atom stereocenters. The molecule has 1 unspecified atom stereocenters. The maximum Gasteiger partial charge on any atom is 0.223 e. The average Bonchev–Trinajstić information content (AvgIpc) is 3.34. The van der Waals surface area contributed by atoms with E-state index < -0.39 is 0 Å². The van der Waals surface area contributed by atoms with E-state index in [1.54, 1.807) is 14.2 Å². The minimum atomic E-state index is 0.0987. The lowest BCUT2D eigenvalue weighted by atomic mass is 9.93. The first kappa shape index (κ1) is 18.6. The minimum absolute atomic E-state index is 0.0987. The number of benzene rings is 3. The maximum absolute atomic E-state index is 12.9. The topological polar surface area (TPSA) is 51.9 Å². The first-order valence-electron chi connectivity index (χ1n) is 10.1. The Morgan fingerprint density at radius 1 is 0.967 bits per heavy atom. The molecule has 1 fully saturated rings. The SMILES string of the molecule is COc1ccccc1CN1CC(c2ccc(OC)c3oc4ccccc4c23)CC1=O. The van der Waals surface area contributed by atoms with Gasteiger partial charge >= 0.3 is 0 Å². The standard InChI is InChI=1S/C25H23NO4/c1-28-20-9-5-3-7-16(20)14-26-15-17(13-23(26)27)18-11-12-22(29-2)25-24(18)19-8-4-6-10-21(19)30-25/h3-12,17H,13-15H2,1-2H3. The number of furan rings is 1. The summed E-state index contributed by atoms with van der Waals surface area (Å²) in [6.45, 7) is 1.21. The number of amides is 1. The zero-order valence-electron chi connectivity index (χ0n) is 17.1. The fourth-order valence-electron chi connectivity index (χ4n) is 4.50. The van der Waals surface area contributed by atoms with Gasteiger partial charge in [-0.2, -0.15) is 0 Å². The molecule has 0 aliphatic carbocycles. The number of likely N-dealkylation sites (tertiary alicyclic amines) is 1. The number of methoxy groups -OCH3 is 2. The number of hydrogen-bond acceptors (Lipinski definition) is 4. The van der Waals surface area contributed by atoms with E-state index in [2.05, 4.69) is 12.1 Å². The number of carbonyl (C=O) groups excluding carboxylic acids is 1. The molecule has 1 amide bonds. The lowest BCUT2D eigenvalue weighted by molar-refractivity contribution is -0.128. The summed E-state index contributed by atoms with van der Waals surface area (Å²) in [6.07, 6.45) is 0.482. The van der Waals surface area contributed by atoms with Crippen LogP contribution in [0.25, 0.3) is 21.9 Å². The van der Waals surface area contributed by atoms with E-state index in [1.165, 1.54) is 0 Å². The Morgan fingerprint density at radius 3 is 2.57 bits per heavy atom. The fourth-order valence-corrected chi connectivity index (χ4v) is 4.50. The second-order valence-corrected chi connectivity index (χ2v) is 7.65. The number of rotatable bonds is 5. The van der Waals surface area contributed by atoms with Crippen molar-refractivity contribution in [3.8, 4) is 11.5 Å². The number of hydrogen-bond donors (Lipinski definition) is 0. The van der Waals surface area contributed by atoms with Crippen molar-refractivity contribution >= 4 is 27.8 Å². The molecule has 3 aromatic carbocycles. The van der Waals surface area contributed by atoms with Gasteiger partial charge in [-0.05, 0) is 23.8 Å². The van der Waals surface area contributed by atoms with Crippen LogP contribution >= 0.6 is 0 Å². The van der Waals surface area contributed by atoms with Crippen LogP contribution in [-0.4, -0.2) is 31.6 Å². The van der Waals surface area contributed by atoms with Crippen LogP contribution in [0.15, 0.2) is 65.1 Å². The Hall–Kier alpha value is -3.47. The third-order valence-corrected chi connectivity index (χ3v) is 5.95. The molecule has 1 aromatic heterocycles. The second kappa shape index (κ2) is 7.41. The van der Waals surface area contributed by atoms with Crippen molar-refractivity contribution in [2.24, 2.45) is 0 Å². The van der Waals surface area contributed by atoms with Crippen LogP contribution < -0.4 is 9.47 Å². The lowest BCUT2D eigenvalue weighted by Gasteiger charge is -2.19. The lowest BCUT2D eigenvalue weighted by Crippen LogP contribution is -2.24. The molecule has 0 radical (unpaired) electrons. The van der Waals surface area contributed by atoms with Gasteiger partial charge in [0.05, 0.1) is 14.2 Å². The van der Waals surface area contributed by atoms with Gasteiger partial charge in [-0.15, -0.1) is 0 Å². The summed E-state index contributed by atoms with van der Waals surface area (Å²) in [7, 11) is 3.31. The van der Waals surface area contributed by atoms with Crippen LogP contribution in [0.3, 0.4) is 0 Å². The van der Waals surface area contributed by atoms with Crippen molar-refractivity contribution in [1.82, 2.24) is 4.90 Å². The van der Waals surface area contributed by atoms with Crippen LogP contribution in [-0.2, 0) is 11.3 Å². The summed E-state index contributed by atoms with van der Waals surface area (Å²) in [5.41, 5.74) is 3.72. The summed E-state index contributed by atoms with van der Waals surface area (Å²) < 4.78 is 17.1. The predicted octanol–water partition coefficient (Wildman–Crippen LogP) is 5.12. The monoisotopic (exact) mass is 401 g/mol. The molecule has 1 saturated heterocycles. The average molecular weight is 401 g/mol. The Morgan fingerprint density at radius 2 is 1.73 bits per heavy atom. The van der Waals surface area contributed by atoms with Gasteiger partial charge in [-0.3, -0.25) is 4.79 Å². The molecule has 0 spiro atoms. The largest absolute Gasteiger partial charge is 0.496 e. The van der Waals surface area contributed by atoms with E-state index in [9.17, 15) is 4.79 Å². The molecule has 2 heterocycles. The van der Waals surface area contributed by atoms with Gasteiger partial charge in [0.1, 0.15) is 11.3 Å². The van der Waals surface area contributed by atoms with Crippen LogP contribution in [0.2, 0.25) is 0 Å². The van der Waals surface area contributed by atoms with Crippen molar-refractivity contribution in [3.63, 3.8) is 0 Å². The van der Waals surface area contributed by atoms with Gasteiger partial charge < -0.3 is 18.8 Å². The Bertz CT molecular complexity index is 1240. The number of nitrogens with zero attached hydrogens (tertiary/aromatic N) is 1. The Labute approximate surface area is 174 Å². The van der Waals surface area contributed by atoms with E-state index >= 15 is 0 Å². The normalized spacial score (nSPS) is 16.5. The van der Waals surface area contributed by atoms with Gasteiger partial charge in [-0.1, -0.05) is 42.5 Å². The van der Waals surface area contributed by atoms with Gasteiger partial charge in [0.25, 0.3) is 0 Å². The molecule has 0 saturated carbocycles. The molecular formula is C25H23NO4. The smallest absolute Gasteiger partial charge is 0.223 e. The van der Waals surface area contributed by atoms with Crippen molar-refractivity contribution in [2.45, 2.75) is 18.9 Å². The summed E-state index contributed by atoms with van der Waals surface area (Å²) in [6, 6.07) is 19.9. The van der Waals surface area contributed by atoms with Gasteiger partial charge in [-0.25, -0.2) is 0 Å². The van der Waals surface area contributed by atoms with Crippen LogP contribution in [0.5, 0.6) is 11.5 Å². The van der Waals surface area contributed by atoms with E-state index in [0.29, 0.717) is 25.3 Å². The third kappa shape index (κ3) is 2.98. The molecule has 1 aliphatic rings. The van der Waals surface area contributed by atoms with E-state index in [4.69, 9.17) is 13.9 Å². The molecular weight excluding hydrogens is 378 g/mol. The molecule has 5 rings (SSSR count). The first-order chi connectivity index (χ1) is 14.7. The molecule has 5 heteroatoms. The Kier molecular flexibility index (Phi) is 4.58. The fraction of sp³-hybridized carbons (Fsp3) is 0.240. The van der Waals surface area contributed by atoms with Crippen molar-refractivity contribution in [2.75, 3.05) is 20.8 Å². The van der Waals surface area contributed by atoms with Crippen LogP contribution in [0, 0.1) is 0 Å². The van der Waals surface area contributed by atoms with Gasteiger partial charge in [0, 0.05) is 41.8 Å². The zero-order valence-corrected chi connectivity index (χ0v) is 17.1. The number of ether oxygens (including phenoxy) is 2. The van der Waals surface area contributed by atoms with Gasteiger partial charge in [0.15, 0.2) is 11.3 Å². The van der Waals surface area contributed by atoms with Crippen LogP contribution in [0.4, 0.5) is 0 Å². The molecule has 4 aromatic rings. The number of fused-ring (bicyclic) bond motifs is 3. The van der Waals surface area contributed by atoms with E-state index in [0.717, 1.165) is 38.8 Å². The summed E-state index contributed by atoms with van der Waals surface area (Å²) in [4.78, 5) is 14.8. The number of para-hydroxylation sites is 2. The highest BCUT2D eigenvalue weighted by Crippen LogP contribution is 2.42. The first-order valence-corrected chi connectivity index (χ1v) is 10.1. The zero-order chi connectivity index (χ0) is 20.7. The molecule has 0 bridgehead atoms. The highest BCUT2D eigenvalue weighted by Gasteiger charge is 2.33. The molecule has 152 valence electrons. The van der Waals surface area contributed by atoms with Gasteiger partial charge in [0.2, 0.25) is 5.91 Å². The van der Waals surface area contributed by atoms with Crippen LogP contribution in [0.1, 0.15) is 23.5 Å². The molecule has 1 aliphatic heterocycles. The van der Waals surface area contributed by atoms with E-state index in [1.807, 2.05) is 53.4 Å². The van der Waals surface area contributed by atoms with Crippen molar-refractivity contribution in [3.05, 3.63) is 71.8 Å². The van der Waals surface area contributed by atoms with Crippen molar-refractivity contribution in [1.29, 1.82) is 0 Å². The predicted molar refractivity (Wildman–Crippen MR) is 116 cm³/mol. The summed E-state index contributed by atoms with van der Waals surface area (Å²) in [5, 5.41) is 2.10. The Balaban J connectivity index is 1.53. The maximum atomic E-state index is 12.9. The van der Waals surface area contributed by atoms with E-state index in [-0.39, 0.29) is 11.8 Å². The highest BCUT2D eigenvalue weighted by atomic mass is 16.5.